The van der Waals surface area contributed by atoms with Crippen LogP contribution in [0.3, 0.4) is 0 Å². The first kappa shape index (κ1) is 23.1. The maximum absolute atomic E-state index is 11.7. The Kier molecular flexibility index (Phi) is 8.02. The Bertz CT molecular complexity index is 933. The van der Waals surface area contributed by atoms with Crippen LogP contribution in [0.25, 0.3) is 0 Å². The monoisotopic (exact) mass is 459 g/mol. The highest BCUT2D eigenvalue weighted by Crippen LogP contribution is 2.45. The van der Waals surface area contributed by atoms with Crippen molar-refractivity contribution < 1.29 is 24.5 Å². The van der Waals surface area contributed by atoms with E-state index in [9.17, 15) is 14.7 Å². The number of carbonyl (C=O) groups excluding carboxylic acids is 1. The van der Waals surface area contributed by atoms with Crippen molar-refractivity contribution in [1.82, 2.24) is 0 Å². The van der Waals surface area contributed by atoms with Crippen LogP contribution >= 0.6 is 34.8 Å². The van der Waals surface area contributed by atoms with Gasteiger partial charge in [0.05, 0.1) is 15.7 Å². The number of carboxylic acid groups (broad SMARTS) is 1. The molecule has 3 N–H and O–H groups in total. The van der Waals surface area contributed by atoms with Crippen LogP contribution in [-0.2, 0) is 16.0 Å². The van der Waals surface area contributed by atoms with Crippen molar-refractivity contribution in [3.63, 3.8) is 0 Å². The zero-order chi connectivity index (χ0) is 21.7. The summed E-state index contributed by atoms with van der Waals surface area (Å²) >= 11 is 18.7. The van der Waals surface area contributed by atoms with Gasteiger partial charge in [-0.1, -0.05) is 55.1 Å². The lowest BCUT2D eigenvalue weighted by Gasteiger charge is -2.16. The molecule has 0 spiro atoms. The molecule has 1 amide bonds. The van der Waals surface area contributed by atoms with Crippen molar-refractivity contribution in [2.75, 3.05) is 5.32 Å². The molecule has 156 valence electrons. The molecule has 2 aromatic carbocycles. The van der Waals surface area contributed by atoms with Gasteiger partial charge in [0.25, 0.3) is 0 Å². The molecule has 2 aromatic rings. The molecular weight excluding hydrogens is 441 g/mol. The number of phenols is 1. The Balaban J connectivity index is 2.30. The number of benzene rings is 2. The first-order valence-corrected chi connectivity index (χ1v) is 9.94. The number of carbonyl (C=O) groups is 2. The minimum Gasteiger partial charge on any atom is -0.508 e. The second kappa shape index (κ2) is 10.1. The first-order valence-electron chi connectivity index (χ1n) is 8.81. The van der Waals surface area contributed by atoms with Gasteiger partial charge in [0, 0.05) is 0 Å². The fourth-order valence-corrected chi connectivity index (χ4v) is 3.24. The van der Waals surface area contributed by atoms with Gasteiger partial charge in [-0.05, 0) is 42.2 Å². The molecule has 0 aliphatic rings. The van der Waals surface area contributed by atoms with Crippen molar-refractivity contribution in [3.8, 4) is 17.2 Å². The van der Waals surface area contributed by atoms with Gasteiger partial charge >= 0.3 is 5.97 Å². The molecule has 0 aliphatic heterocycles. The molecule has 0 saturated heterocycles. The minimum atomic E-state index is -1.28. The van der Waals surface area contributed by atoms with E-state index < -0.39 is 18.3 Å². The second-order valence-corrected chi connectivity index (χ2v) is 7.75. The summed E-state index contributed by atoms with van der Waals surface area (Å²) in [5, 5.41) is 21.1. The Hall–Kier alpha value is -2.15. The van der Waals surface area contributed by atoms with Gasteiger partial charge in [-0.15, -0.1) is 0 Å². The average molecular weight is 461 g/mol. The summed E-state index contributed by atoms with van der Waals surface area (Å²) in [6, 6.07) is 6.12. The predicted molar refractivity (Wildman–Crippen MR) is 114 cm³/mol. The lowest BCUT2D eigenvalue weighted by molar-refractivity contribution is -0.139. The van der Waals surface area contributed by atoms with Crippen LogP contribution in [0.5, 0.6) is 17.2 Å². The molecule has 0 fully saturated rings. The van der Waals surface area contributed by atoms with Gasteiger partial charge < -0.3 is 20.3 Å². The number of amides is 1. The van der Waals surface area contributed by atoms with E-state index in [2.05, 4.69) is 19.2 Å². The van der Waals surface area contributed by atoms with Crippen LogP contribution in [0, 0.1) is 5.92 Å². The van der Waals surface area contributed by atoms with E-state index in [4.69, 9.17) is 44.6 Å². The molecule has 6 nitrogen and oxygen atoms in total. The zero-order valence-corrected chi connectivity index (χ0v) is 18.0. The number of ether oxygens (including phenoxy) is 1. The van der Waals surface area contributed by atoms with Crippen LogP contribution in [0.4, 0.5) is 5.69 Å². The van der Waals surface area contributed by atoms with Gasteiger partial charge in [0.1, 0.15) is 22.9 Å². The van der Waals surface area contributed by atoms with Crippen molar-refractivity contribution in [3.05, 3.63) is 44.9 Å². The molecule has 0 aromatic heterocycles. The number of halogens is 3. The van der Waals surface area contributed by atoms with E-state index in [1.165, 1.54) is 12.1 Å². The molecule has 0 heterocycles. The quantitative estimate of drug-likeness (QED) is 0.324. The Morgan fingerprint density at radius 1 is 1.17 bits per heavy atom. The van der Waals surface area contributed by atoms with Gasteiger partial charge in [-0.2, -0.15) is 0 Å². The number of aliphatic carboxylic acids is 1. The van der Waals surface area contributed by atoms with Crippen LogP contribution in [0.15, 0.2) is 24.3 Å². The maximum atomic E-state index is 11.7. The third kappa shape index (κ3) is 6.16. The largest absolute Gasteiger partial charge is 0.508 e. The highest BCUT2D eigenvalue weighted by Gasteiger charge is 2.19. The summed E-state index contributed by atoms with van der Waals surface area (Å²) in [5.41, 5.74) is 0.802. The van der Waals surface area contributed by atoms with Crippen LogP contribution in [-0.4, -0.2) is 22.1 Å². The number of anilines is 1. The highest BCUT2D eigenvalue weighted by molar-refractivity contribution is 6.46. The lowest BCUT2D eigenvalue weighted by atomic mass is 9.98. The Morgan fingerprint density at radius 3 is 2.48 bits per heavy atom. The third-order valence-corrected chi connectivity index (χ3v) is 5.37. The average Bonchev–Trinajstić information content (AvgIpc) is 2.64. The fourth-order valence-electron chi connectivity index (χ4n) is 2.52. The molecule has 0 aliphatic carbocycles. The van der Waals surface area contributed by atoms with Crippen LogP contribution < -0.4 is 10.1 Å². The van der Waals surface area contributed by atoms with Crippen molar-refractivity contribution in [1.29, 1.82) is 0 Å². The summed E-state index contributed by atoms with van der Waals surface area (Å²) < 4.78 is 5.79. The molecular formula is C20H20Cl3NO5. The standard InChI is InChI=1S/C20H20Cl3NO5/c1-3-10(2)6-11-7-12(4-5-15(11)25)29-20-13(21)8-14(18(22)19(20)23)24-16(26)9-17(27)28/h4-5,7-8,10,25H,3,6,9H2,1-2H3,(H,24,26)(H,27,28). The number of hydrogen-bond donors (Lipinski definition) is 3. The third-order valence-electron chi connectivity index (χ3n) is 4.24. The molecule has 1 atom stereocenters. The summed E-state index contributed by atoms with van der Waals surface area (Å²) in [4.78, 5) is 22.3. The molecule has 9 heteroatoms. The molecule has 0 bridgehead atoms. The number of nitrogens with one attached hydrogen (secondary N) is 1. The van der Waals surface area contributed by atoms with E-state index in [0.717, 1.165) is 12.0 Å². The van der Waals surface area contributed by atoms with E-state index in [1.807, 2.05) is 0 Å². The Morgan fingerprint density at radius 2 is 1.86 bits per heavy atom. The summed E-state index contributed by atoms with van der Waals surface area (Å²) in [5.74, 6) is -1.01. The van der Waals surface area contributed by atoms with Gasteiger partial charge in [-0.25, -0.2) is 0 Å². The number of aromatic hydroxyl groups is 1. The minimum absolute atomic E-state index is 0.0385. The van der Waals surface area contributed by atoms with Gasteiger partial charge in [0.2, 0.25) is 5.91 Å². The van der Waals surface area contributed by atoms with Crippen LogP contribution in [0.1, 0.15) is 32.3 Å². The molecule has 0 radical (unpaired) electrons. The van der Waals surface area contributed by atoms with Crippen molar-refractivity contribution in [2.24, 2.45) is 5.92 Å². The first-order chi connectivity index (χ1) is 13.6. The maximum Gasteiger partial charge on any atom is 0.312 e. The van der Waals surface area contributed by atoms with E-state index in [-0.39, 0.29) is 32.3 Å². The molecule has 29 heavy (non-hydrogen) atoms. The van der Waals surface area contributed by atoms with Crippen molar-refractivity contribution >= 4 is 52.4 Å². The summed E-state index contributed by atoms with van der Waals surface area (Å²) in [6.45, 7) is 4.15. The molecule has 2 rings (SSSR count). The van der Waals surface area contributed by atoms with Crippen LogP contribution in [0.2, 0.25) is 15.1 Å². The number of phenolic OH excluding ortho intramolecular Hbond substituents is 1. The van der Waals surface area contributed by atoms with Gasteiger partial charge in [0.15, 0.2) is 5.75 Å². The number of rotatable bonds is 8. The normalized spacial score (nSPS) is 11.8. The van der Waals surface area contributed by atoms with E-state index in [1.54, 1.807) is 12.1 Å². The topological polar surface area (TPSA) is 95.9 Å². The second-order valence-electron chi connectivity index (χ2n) is 6.59. The fraction of sp³-hybridized carbons (Fsp3) is 0.300. The number of carboxylic acids is 1. The number of hydrogen-bond acceptors (Lipinski definition) is 4. The predicted octanol–water partition coefficient (Wildman–Crippen LogP) is 6.15. The van der Waals surface area contributed by atoms with Crippen molar-refractivity contribution in [2.45, 2.75) is 33.1 Å². The zero-order valence-electron chi connectivity index (χ0n) is 15.8. The lowest BCUT2D eigenvalue weighted by Crippen LogP contribution is -2.16. The Labute approximate surface area is 183 Å². The van der Waals surface area contributed by atoms with E-state index in [0.29, 0.717) is 18.1 Å². The molecule has 1 unspecified atom stereocenters. The van der Waals surface area contributed by atoms with Gasteiger partial charge in [-0.3, -0.25) is 9.59 Å². The SMILES string of the molecule is CCC(C)Cc1cc(Oc2c(Cl)cc(NC(=O)CC(=O)O)c(Cl)c2Cl)ccc1O. The summed E-state index contributed by atoms with van der Waals surface area (Å²) in [6.07, 6.45) is 0.916. The smallest absolute Gasteiger partial charge is 0.312 e. The highest BCUT2D eigenvalue weighted by atomic mass is 35.5. The molecule has 0 saturated carbocycles. The van der Waals surface area contributed by atoms with E-state index >= 15 is 0 Å². The summed E-state index contributed by atoms with van der Waals surface area (Å²) in [7, 11) is 0.